The van der Waals surface area contributed by atoms with Gasteiger partial charge < -0.3 is 0 Å². The number of hydrogen-bond donors (Lipinski definition) is 0. The lowest BCUT2D eigenvalue weighted by Gasteiger charge is -2.21. The van der Waals surface area contributed by atoms with Gasteiger partial charge in [-0.15, -0.1) is 0 Å². The van der Waals surface area contributed by atoms with Crippen molar-refractivity contribution in [3.63, 3.8) is 0 Å². The van der Waals surface area contributed by atoms with Gasteiger partial charge in [-0.05, 0) is 54.3 Å². The average molecular weight is 269 g/mol. The summed E-state index contributed by atoms with van der Waals surface area (Å²) >= 11 is 0. The molecule has 2 rings (SSSR count). The first-order valence-electron chi connectivity index (χ1n) is 7.89. The van der Waals surface area contributed by atoms with Gasteiger partial charge >= 0.3 is 0 Å². The Hall–Kier alpha value is -1.34. The molecule has 0 N–H and O–H groups in total. The summed E-state index contributed by atoms with van der Waals surface area (Å²) in [6.07, 6.45) is 2.63. The maximum Gasteiger partial charge on any atom is 0.0233 e. The van der Waals surface area contributed by atoms with Crippen molar-refractivity contribution in [3.8, 4) is 0 Å². The van der Waals surface area contributed by atoms with Crippen LogP contribution in [0.25, 0.3) is 10.8 Å². The van der Waals surface area contributed by atoms with Gasteiger partial charge in [0.2, 0.25) is 0 Å². The fourth-order valence-electron chi connectivity index (χ4n) is 2.67. The van der Waals surface area contributed by atoms with Crippen molar-refractivity contribution in [2.75, 3.05) is 13.1 Å². The highest BCUT2D eigenvalue weighted by molar-refractivity contribution is 5.82. The summed E-state index contributed by atoms with van der Waals surface area (Å²) in [5, 5.41) is 2.68. The highest BCUT2D eigenvalue weighted by Crippen LogP contribution is 2.17. The van der Waals surface area contributed by atoms with E-state index >= 15 is 0 Å². The fraction of sp³-hybridized carbons (Fsp3) is 0.474. The van der Waals surface area contributed by atoms with Gasteiger partial charge in [0.15, 0.2) is 0 Å². The molecular weight excluding hydrogens is 242 g/mol. The second-order valence-electron chi connectivity index (χ2n) is 6.09. The minimum absolute atomic E-state index is 0.814. The molecule has 1 nitrogen and oxygen atoms in total. The second kappa shape index (κ2) is 7.44. The molecule has 2 aromatic carbocycles. The molecule has 0 fully saturated rings. The molecule has 0 saturated carbocycles. The molecule has 0 unspecified atom stereocenters. The van der Waals surface area contributed by atoms with Gasteiger partial charge in [0.1, 0.15) is 0 Å². The highest BCUT2D eigenvalue weighted by atomic mass is 15.1. The van der Waals surface area contributed by atoms with E-state index in [9.17, 15) is 0 Å². The monoisotopic (exact) mass is 269 g/mol. The summed E-state index contributed by atoms with van der Waals surface area (Å²) in [4.78, 5) is 2.55. The summed E-state index contributed by atoms with van der Waals surface area (Å²) in [7, 11) is 0. The number of rotatable bonds is 7. The van der Waals surface area contributed by atoms with Gasteiger partial charge in [-0.25, -0.2) is 0 Å². The van der Waals surface area contributed by atoms with E-state index in [0.717, 1.165) is 19.0 Å². The lowest BCUT2D eigenvalue weighted by molar-refractivity contribution is 0.268. The highest BCUT2D eigenvalue weighted by Gasteiger charge is 2.05. The topological polar surface area (TPSA) is 3.24 Å². The van der Waals surface area contributed by atoms with E-state index in [1.165, 1.54) is 35.7 Å². The third kappa shape index (κ3) is 4.35. The Balaban J connectivity index is 1.98. The molecule has 0 aliphatic carbocycles. The van der Waals surface area contributed by atoms with E-state index in [4.69, 9.17) is 0 Å². The van der Waals surface area contributed by atoms with E-state index in [0.29, 0.717) is 0 Å². The standard InChI is InChI=1S/C19H27N/c1-4-20(13-7-8-16(2)3)15-17-11-12-18-9-5-6-10-19(18)14-17/h5-6,9-12,14,16H,4,7-8,13,15H2,1-3H3. The molecular formula is C19H27N. The minimum atomic E-state index is 0.814. The minimum Gasteiger partial charge on any atom is -0.299 e. The molecule has 0 aliphatic rings. The largest absolute Gasteiger partial charge is 0.299 e. The van der Waals surface area contributed by atoms with Crippen molar-refractivity contribution in [2.24, 2.45) is 5.92 Å². The van der Waals surface area contributed by atoms with Gasteiger partial charge in [-0.2, -0.15) is 0 Å². The normalized spacial score (nSPS) is 11.7. The summed E-state index contributed by atoms with van der Waals surface area (Å²) < 4.78 is 0. The van der Waals surface area contributed by atoms with E-state index in [1.807, 2.05) is 0 Å². The third-order valence-electron chi connectivity index (χ3n) is 3.92. The second-order valence-corrected chi connectivity index (χ2v) is 6.09. The first-order valence-corrected chi connectivity index (χ1v) is 7.89. The maximum absolute atomic E-state index is 2.55. The third-order valence-corrected chi connectivity index (χ3v) is 3.92. The van der Waals surface area contributed by atoms with Crippen molar-refractivity contribution < 1.29 is 0 Å². The van der Waals surface area contributed by atoms with Crippen LogP contribution in [0.3, 0.4) is 0 Å². The van der Waals surface area contributed by atoms with E-state index in [2.05, 4.69) is 68.1 Å². The molecule has 0 heterocycles. The summed E-state index contributed by atoms with van der Waals surface area (Å²) in [6, 6.07) is 15.5. The molecule has 0 aliphatic heterocycles. The Morgan fingerprint density at radius 1 is 1.00 bits per heavy atom. The van der Waals surface area contributed by atoms with Crippen LogP contribution in [0, 0.1) is 5.92 Å². The number of benzene rings is 2. The lowest BCUT2D eigenvalue weighted by Crippen LogP contribution is -2.24. The Morgan fingerprint density at radius 3 is 2.45 bits per heavy atom. The maximum atomic E-state index is 2.55. The zero-order valence-corrected chi connectivity index (χ0v) is 13.1. The van der Waals surface area contributed by atoms with Gasteiger partial charge in [0.05, 0.1) is 0 Å². The average Bonchev–Trinajstić information content (AvgIpc) is 2.45. The number of nitrogens with zero attached hydrogens (tertiary/aromatic N) is 1. The molecule has 0 amide bonds. The van der Waals surface area contributed by atoms with Crippen LogP contribution in [0.5, 0.6) is 0 Å². The van der Waals surface area contributed by atoms with Crippen LogP contribution in [-0.2, 0) is 6.54 Å². The molecule has 0 radical (unpaired) electrons. The van der Waals surface area contributed by atoms with E-state index in [-0.39, 0.29) is 0 Å². The SMILES string of the molecule is CCN(CCCC(C)C)Cc1ccc2ccccc2c1. The summed E-state index contributed by atoms with van der Waals surface area (Å²) in [6.45, 7) is 10.3. The van der Waals surface area contributed by atoms with Crippen LogP contribution in [0.15, 0.2) is 42.5 Å². The number of hydrogen-bond acceptors (Lipinski definition) is 1. The smallest absolute Gasteiger partial charge is 0.0233 e. The Labute approximate surface area is 123 Å². The predicted octanol–water partition coefficient (Wildman–Crippen LogP) is 5.10. The first-order chi connectivity index (χ1) is 9.69. The van der Waals surface area contributed by atoms with Crippen LogP contribution in [-0.4, -0.2) is 18.0 Å². The Kier molecular flexibility index (Phi) is 5.60. The summed E-state index contributed by atoms with van der Waals surface area (Å²) in [5.74, 6) is 0.814. The summed E-state index contributed by atoms with van der Waals surface area (Å²) in [5.41, 5.74) is 1.43. The van der Waals surface area contributed by atoms with Crippen LogP contribution < -0.4 is 0 Å². The van der Waals surface area contributed by atoms with Crippen molar-refractivity contribution in [3.05, 3.63) is 48.0 Å². The lowest BCUT2D eigenvalue weighted by atomic mass is 10.1. The van der Waals surface area contributed by atoms with Crippen molar-refractivity contribution in [1.82, 2.24) is 4.90 Å². The van der Waals surface area contributed by atoms with Crippen LogP contribution in [0.4, 0.5) is 0 Å². The molecule has 20 heavy (non-hydrogen) atoms. The molecule has 108 valence electrons. The fourth-order valence-corrected chi connectivity index (χ4v) is 2.67. The first kappa shape index (κ1) is 15.1. The molecule has 0 atom stereocenters. The van der Waals surface area contributed by atoms with Gasteiger partial charge in [0, 0.05) is 6.54 Å². The predicted molar refractivity (Wildman–Crippen MR) is 89.0 cm³/mol. The Bertz CT molecular complexity index is 530. The van der Waals surface area contributed by atoms with Crippen molar-refractivity contribution >= 4 is 10.8 Å². The molecule has 1 heteroatoms. The van der Waals surface area contributed by atoms with Gasteiger partial charge in [-0.1, -0.05) is 57.2 Å². The van der Waals surface area contributed by atoms with E-state index in [1.54, 1.807) is 0 Å². The van der Waals surface area contributed by atoms with E-state index < -0.39 is 0 Å². The number of fused-ring (bicyclic) bond motifs is 1. The quantitative estimate of drug-likeness (QED) is 0.676. The molecule has 0 bridgehead atoms. The van der Waals surface area contributed by atoms with Crippen molar-refractivity contribution in [2.45, 2.75) is 40.2 Å². The van der Waals surface area contributed by atoms with Crippen LogP contribution in [0.2, 0.25) is 0 Å². The zero-order valence-electron chi connectivity index (χ0n) is 13.1. The zero-order chi connectivity index (χ0) is 14.4. The molecule has 2 aromatic rings. The van der Waals surface area contributed by atoms with Gasteiger partial charge in [0.25, 0.3) is 0 Å². The van der Waals surface area contributed by atoms with Crippen LogP contribution in [0.1, 0.15) is 39.2 Å². The van der Waals surface area contributed by atoms with Crippen LogP contribution >= 0.6 is 0 Å². The molecule has 0 spiro atoms. The Morgan fingerprint density at radius 2 is 1.75 bits per heavy atom. The van der Waals surface area contributed by atoms with Gasteiger partial charge in [-0.3, -0.25) is 4.90 Å². The molecule has 0 saturated heterocycles. The molecule has 0 aromatic heterocycles. The van der Waals surface area contributed by atoms with Crippen molar-refractivity contribution in [1.29, 1.82) is 0 Å².